The topological polar surface area (TPSA) is 35.9 Å². The van der Waals surface area contributed by atoms with Crippen LogP contribution in [-0.4, -0.2) is 14.1 Å². The van der Waals surface area contributed by atoms with Gasteiger partial charge in [0, 0.05) is 50.5 Å². The summed E-state index contributed by atoms with van der Waals surface area (Å²) in [6.07, 6.45) is 7.73. The van der Waals surface area contributed by atoms with Crippen LogP contribution in [0.2, 0.25) is 0 Å². The van der Waals surface area contributed by atoms with Crippen LogP contribution in [-0.2, 0) is 42.7 Å². The van der Waals surface area contributed by atoms with E-state index >= 15 is 0 Å². The van der Waals surface area contributed by atoms with Gasteiger partial charge in [0.2, 0.25) is 0 Å². The summed E-state index contributed by atoms with van der Waals surface area (Å²) < 4.78 is 13.1. The largest absolute Gasteiger partial charge is 0.510 e. The molecule has 6 heteroatoms. The first-order valence-corrected chi connectivity index (χ1v) is 18.6. The van der Waals surface area contributed by atoms with Gasteiger partial charge in [0.1, 0.15) is 5.82 Å². The minimum absolute atomic E-state index is 0. The molecule has 5 nitrogen and oxygen atoms in total. The summed E-state index contributed by atoms with van der Waals surface area (Å²) >= 11 is 0. The Morgan fingerprint density at radius 1 is 0.611 bits per heavy atom. The minimum atomic E-state index is -0.134. The van der Waals surface area contributed by atoms with Gasteiger partial charge in [0.05, 0.1) is 11.4 Å². The second-order valence-corrected chi connectivity index (χ2v) is 18.4. The van der Waals surface area contributed by atoms with Crippen LogP contribution in [0.15, 0.2) is 97.3 Å². The van der Waals surface area contributed by atoms with Crippen LogP contribution in [0, 0.1) is 18.5 Å². The molecule has 0 radical (unpaired) electrons. The molecule has 3 heterocycles. The number of hydrogen-bond donors (Lipinski definition) is 0. The Balaban J connectivity index is 0.00000497. The van der Waals surface area contributed by atoms with Crippen LogP contribution in [0.4, 0.5) is 0 Å². The summed E-state index contributed by atoms with van der Waals surface area (Å²) in [5, 5.41) is 2.25. The van der Waals surface area contributed by atoms with Gasteiger partial charge in [-0.3, -0.25) is 4.57 Å². The first-order valence-electron chi connectivity index (χ1n) is 18.6. The van der Waals surface area contributed by atoms with Crippen LogP contribution in [0.1, 0.15) is 105 Å². The van der Waals surface area contributed by atoms with Gasteiger partial charge >= 0.3 is 0 Å². The minimum Gasteiger partial charge on any atom is -0.510 e. The molecule has 0 fully saturated rings. The van der Waals surface area contributed by atoms with Crippen molar-refractivity contribution < 1.29 is 30.4 Å². The average Bonchev–Trinajstić information content (AvgIpc) is 3.68. The third-order valence-corrected chi connectivity index (χ3v) is 10.0. The third-order valence-electron chi connectivity index (χ3n) is 10.0. The Labute approximate surface area is 336 Å². The number of ether oxygens (including phenoxy) is 1. The summed E-state index contributed by atoms with van der Waals surface area (Å²) in [6.45, 7) is 26.8. The number of aromatic nitrogens is 4. The molecule has 0 saturated carbocycles. The van der Waals surface area contributed by atoms with E-state index in [2.05, 4.69) is 200 Å². The molecular formula is C48H52N4OPt-2. The van der Waals surface area contributed by atoms with Crippen molar-refractivity contribution in [3.05, 3.63) is 138 Å². The molecule has 0 amide bonds. The normalized spacial score (nSPS) is 12.7. The van der Waals surface area contributed by atoms with Crippen molar-refractivity contribution in [3.63, 3.8) is 0 Å². The maximum Gasteiger partial charge on any atom is 0.267 e. The van der Waals surface area contributed by atoms with Gasteiger partial charge in [0.15, 0.2) is 0 Å². The van der Waals surface area contributed by atoms with Crippen molar-refractivity contribution in [3.8, 4) is 28.7 Å². The van der Waals surface area contributed by atoms with Crippen LogP contribution in [0.25, 0.3) is 39.0 Å². The molecule has 0 bridgehead atoms. The number of para-hydroxylation sites is 1. The molecule has 3 aromatic heterocycles. The number of rotatable bonds is 5. The van der Waals surface area contributed by atoms with E-state index in [1.165, 1.54) is 11.1 Å². The Bertz CT molecular complexity index is 2460. The average molecular weight is 896 g/mol. The summed E-state index contributed by atoms with van der Waals surface area (Å²) in [5.41, 5.74) is 8.55. The van der Waals surface area contributed by atoms with Crippen molar-refractivity contribution in [1.29, 1.82) is 0 Å². The number of fused-ring (bicyclic) bond motifs is 3. The summed E-state index contributed by atoms with van der Waals surface area (Å²) in [6, 6.07) is 37.2. The van der Waals surface area contributed by atoms with E-state index in [0.717, 1.165) is 50.3 Å². The maximum absolute atomic E-state index is 6.70. The molecule has 0 atom stereocenters. The molecule has 0 aliphatic rings. The van der Waals surface area contributed by atoms with Gasteiger partial charge in [-0.25, -0.2) is 4.98 Å². The molecule has 0 spiro atoms. The van der Waals surface area contributed by atoms with Crippen LogP contribution in [0.5, 0.6) is 11.5 Å². The van der Waals surface area contributed by atoms with Crippen molar-refractivity contribution in [2.75, 3.05) is 0 Å². The smallest absolute Gasteiger partial charge is 0.267 e. The molecule has 0 unspecified atom stereocenters. The van der Waals surface area contributed by atoms with Gasteiger partial charge < -0.3 is 13.9 Å². The van der Waals surface area contributed by atoms with Crippen molar-refractivity contribution in [2.24, 2.45) is 0 Å². The summed E-state index contributed by atoms with van der Waals surface area (Å²) in [4.78, 5) is 4.84. The van der Waals surface area contributed by atoms with Gasteiger partial charge in [-0.1, -0.05) is 119 Å². The number of benzene rings is 4. The monoisotopic (exact) mass is 895 g/mol. The molecule has 7 rings (SSSR count). The first-order chi connectivity index (χ1) is 24.8. The predicted molar refractivity (Wildman–Crippen MR) is 217 cm³/mol. The molecule has 0 aliphatic carbocycles. The van der Waals surface area contributed by atoms with Crippen LogP contribution in [0.3, 0.4) is 0 Å². The molecule has 0 N–H and O–H groups in total. The van der Waals surface area contributed by atoms with E-state index in [1.54, 1.807) is 0 Å². The number of imidazole rings is 1. The number of hydrogen-bond acceptors (Lipinski definition) is 2. The molecule has 7 aromatic rings. The fourth-order valence-corrected chi connectivity index (χ4v) is 6.77. The Morgan fingerprint density at radius 3 is 1.93 bits per heavy atom. The number of nitrogens with zero attached hydrogens (tertiary/aromatic N) is 4. The van der Waals surface area contributed by atoms with E-state index in [-0.39, 0.29) is 42.7 Å². The SMILES string of the molecule is CC(C)(C)c1ccc(-[n+]2[c-]n(-c3[c-]c(Oc4[c-]c5c(cc4)c4ccccc4n5-c4cc(C(C)(C)C)ccn4)cc(C(C)(C)C)c3)cc2C(C)(C)C)cc1.[Pt]. The van der Waals surface area contributed by atoms with E-state index in [1.807, 2.05) is 12.3 Å². The standard InChI is InChI=1S/C48H52N4O.Pt/c1-45(2,3)32-17-19-35(20-18-32)51-31-50(30-43(51)48(10,11)12)36-25-34(47(7,8)9)26-38(28-36)53-37-21-22-40-39-15-13-14-16-41(39)52(42(40)29-37)44-27-33(23-24-49-44)46(4,5)6;/h13-27,30H,1-12H3;/q-2;. The Kier molecular flexibility index (Phi) is 10.2. The molecule has 54 heavy (non-hydrogen) atoms. The third kappa shape index (κ3) is 7.71. The van der Waals surface area contributed by atoms with E-state index in [4.69, 9.17) is 9.72 Å². The van der Waals surface area contributed by atoms with Crippen molar-refractivity contribution in [1.82, 2.24) is 14.1 Å². The van der Waals surface area contributed by atoms with Crippen molar-refractivity contribution in [2.45, 2.75) is 105 Å². The Hall–Kier alpha value is -4.47. The molecular weight excluding hydrogens is 844 g/mol. The first kappa shape index (κ1) is 39.2. The second kappa shape index (κ2) is 14.0. The fraction of sp³-hybridized carbons (Fsp3) is 0.333. The van der Waals surface area contributed by atoms with E-state index < -0.39 is 0 Å². The maximum atomic E-state index is 6.70. The molecule has 282 valence electrons. The van der Waals surface area contributed by atoms with Crippen LogP contribution < -0.4 is 9.30 Å². The van der Waals surface area contributed by atoms with Gasteiger partial charge in [-0.05, 0) is 74.2 Å². The van der Waals surface area contributed by atoms with Gasteiger partial charge in [0.25, 0.3) is 6.33 Å². The zero-order valence-electron chi connectivity index (χ0n) is 33.8. The molecule has 0 saturated heterocycles. The zero-order chi connectivity index (χ0) is 38.1. The molecule has 4 aromatic carbocycles. The van der Waals surface area contributed by atoms with E-state index in [9.17, 15) is 0 Å². The van der Waals surface area contributed by atoms with Crippen molar-refractivity contribution >= 4 is 21.8 Å². The van der Waals surface area contributed by atoms with E-state index in [0.29, 0.717) is 11.5 Å². The zero-order valence-corrected chi connectivity index (χ0v) is 36.0. The fourth-order valence-electron chi connectivity index (χ4n) is 6.77. The van der Waals surface area contributed by atoms with Gasteiger partial charge in [-0.15, -0.1) is 29.7 Å². The quantitative estimate of drug-likeness (QED) is 0.127. The number of pyridine rings is 1. The summed E-state index contributed by atoms with van der Waals surface area (Å²) in [7, 11) is 0. The second-order valence-electron chi connectivity index (χ2n) is 18.4. The summed E-state index contributed by atoms with van der Waals surface area (Å²) in [5.74, 6) is 2.10. The van der Waals surface area contributed by atoms with Gasteiger partial charge in [-0.2, -0.15) is 17.7 Å². The van der Waals surface area contributed by atoms with Crippen LogP contribution >= 0.6 is 0 Å². The predicted octanol–water partition coefficient (Wildman–Crippen LogP) is 11.6. The molecule has 0 aliphatic heterocycles. The Morgan fingerprint density at radius 2 is 1.28 bits per heavy atom.